The zero-order valence-corrected chi connectivity index (χ0v) is 12.1. The lowest BCUT2D eigenvalue weighted by Gasteiger charge is -2.25. The Balaban J connectivity index is 2.55. The zero-order valence-electron chi connectivity index (χ0n) is 11.4. The van der Waals surface area contributed by atoms with E-state index in [1.54, 1.807) is 0 Å². The minimum atomic E-state index is -1.89. The lowest BCUT2D eigenvalue weighted by molar-refractivity contribution is -0.0776. The van der Waals surface area contributed by atoms with Crippen molar-refractivity contribution in [2.45, 2.75) is 36.3 Å². The number of hydrogen-bond acceptors (Lipinski definition) is 6. The molecule has 8 nitrogen and oxygen atoms in total. The number of H-pyrrole nitrogens is 1. The van der Waals surface area contributed by atoms with E-state index in [-0.39, 0.29) is 0 Å². The number of aromatic amines is 1. The molecule has 3 N–H and O–H groups in total. The normalized spacial score (nSPS) is 32.3. The molecule has 1 aliphatic rings. The fraction of sp³-hybridized carbons (Fsp3) is 0.583. The minimum absolute atomic E-state index is 0.812. The van der Waals surface area contributed by atoms with Crippen LogP contribution in [0.25, 0.3) is 0 Å². The highest BCUT2D eigenvalue weighted by molar-refractivity contribution is 6.27. The largest absolute Gasteiger partial charge is 0.391 e. The molecule has 1 saturated heterocycles. The molecule has 1 fully saturated rings. The lowest BCUT2D eigenvalue weighted by Crippen LogP contribution is -2.45. The Morgan fingerprint density at radius 2 is 2.36 bits per heavy atom. The van der Waals surface area contributed by atoms with Crippen LogP contribution in [0.3, 0.4) is 0 Å². The second-order valence-corrected chi connectivity index (χ2v) is 5.35. The number of rotatable bonds is 2. The summed E-state index contributed by atoms with van der Waals surface area (Å²) in [6.07, 6.45) is -4.29. The highest BCUT2D eigenvalue weighted by Crippen LogP contribution is 2.43. The summed E-state index contributed by atoms with van der Waals surface area (Å²) in [6, 6.07) is 0. The summed E-state index contributed by atoms with van der Waals surface area (Å²) in [6.45, 7) is 0.329. The van der Waals surface area contributed by atoms with E-state index in [2.05, 4.69) is 16.8 Å². The molecule has 120 valence electrons. The maximum atomic E-state index is 12.3. The zero-order chi connectivity index (χ0) is 16.5. The van der Waals surface area contributed by atoms with E-state index in [1.807, 2.05) is 4.98 Å². The molecule has 2 heterocycles. The summed E-state index contributed by atoms with van der Waals surface area (Å²) in [4.78, 5) is 26.2. The fourth-order valence-electron chi connectivity index (χ4n) is 2.18. The summed E-state index contributed by atoms with van der Waals surface area (Å²) < 4.78 is 18.5. The van der Waals surface area contributed by atoms with Gasteiger partial charge in [-0.25, -0.2) is 14.0 Å². The molecule has 0 aromatic carbocycles. The molecule has 1 aromatic rings. The van der Waals surface area contributed by atoms with Gasteiger partial charge in [-0.2, -0.15) is 4.98 Å². The van der Waals surface area contributed by atoms with Crippen molar-refractivity contribution < 1.29 is 19.3 Å². The average Bonchev–Trinajstić information content (AvgIpc) is 2.70. The lowest BCUT2D eigenvalue weighted by atomic mass is 9.97. The van der Waals surface area contributed by atoms with Crippen LogP contribution in [0.2, 0.25) is 0 Å². The van der Waals surface area contributed by atoms with Gasteiger partial charge in [0.2, 0.25) is 0 Å². The third kappa shape index (κ3) is 2.78. The Bertz CT molecular complexity index is 724. The van der Waals surface area contributed by atoms with E-state index >= 15 is 0 Å². The van der Waals surface area contributed by atoms with Crippen molar-refractivity contribution in [1.29, 1.82) is 0 Å². The second kappa shape index (κ2) is 6.18. The van der Waals surface area contributed by atoms with Crippen LogP contribution in [-0.2, 0) is 4.74 Å². The Morgan fingerprint density at radius 1 is 1.68 bits per heavy atom. The monoisotopic (exact) mass is 333 g/mol. The number of aliphatic hydroxyl groups excluding tert-OH is 2. The molecule has 0 amide bonds. The van der Waals surface area contributed by atoms with Gasteiger partial charge in [-0.15, -0.1) is 0 Å². The standard InChI is InChI=1S/C12H13ClFN3O5/c1-6(18)7-8(19)12(13,3-2-4-14)9(22-7)17-5-15-10(20)16-11(17)21/h5-9,18-19H,4H2,1H3,(H,16,20,21)/t6-,7+,8-,9+,12?/m0/s1. The highest BCUT2D eigenvalue weighted by atomic mass is 35.5. The van der Waals surface area contributed by atoms with Gasteiger partial charge in [0.25, 0.3) is 0 Å². The van der Waals surface area contributed by atoms with Crippen molar-refractivity contribution in [2.75, 3.05) is 6.67 Å². The van der Waals surface area contributed by atoms with Gasteiger partial charge in [-0.3, -0.25) is 9.55 Å². The van der Waals surface area contributed by atoms with Crippen LogP contribution in [0.5, 0.6) is 0 Å². The Labute approximate surface area is 128 Å². The molecule has 1 aliphatic heterocycles. The van der Waals surface area contributed by atoms with Crippen LogP contribution in [0, 0.1) is 11.8 Å². The third-order valence-corrected chi connectivity index (χ3v) is 3.71. The fourth-order valence-corrected chi connectivity index (χ4v) is 2.53. The summed E-state index contributed by atoms with van der Waals surface area (Å²) in [5.74, 6) is 4.38. The van der Waals surface area contributed by atoms with Crippen molar-refractivity contribution in [3.8, 4) is 11.8 Å². The topological polar surface area (TPSA) is 117 Å². The molecule has 5 atom stereocenters. The molecular formula is C12H13ClFN3O5. The Morgan fingerprint density at radius 3 is 2.91 bits per heavy atom. The van der Waals surface area contributed by atoms with Gasteiger partial charge in [0, 0.05) is 0 Å². The number of nitrogens with one attached hydrogen (secondary N) is 1. The van der Waals surface area contributed by atoms with Gasteiger partial charge >= 0.3 is 11.4 Å². The van der Waals surface area contributed by atoms with E-state index in [4.69, 9.17) is 16.3 Å². The Hall–Kier alpha value is -1.73. The minimum Gasteiger partial charge on any atom is -0.391 e. The summed E-state index contributed by atoms with van der Waals surface area (Å²) in [5.41, 5.74) is -1.77. The first-order valence-corrected chi connectivity index (χ1v) is 6.63. The predicted octanol–water partition coefficient (Wildman–Crippen LogP) is -1.48. The number of halogens is 2. The number of ether oxygens (including phenoxy) is 1. The van der Waals surface area contributed by atoms with E-state index in [0.29, 0.717) is 0 Å². The van der Waals surface area contributed by atoms with Crippen molar-refractivity contribution in [1.82, 2.24) is 14.5 Å². The van der Waals surface area contributed by atoms with Crippen LogP contribution in [0.1, 0.15) is 13.2 Å². The van der Waals surface area contributed by atoms with Crippen molar-refractivity contribution in [3.05, 3.63) is 27.3 Å². The predicted molar refractivity (Wildman–Crippen MR) is 73.1 cm³/mol. The van der Waals surface area contributed by atoms with Gasteiger partial charge in [-0.1, -0.05) is 23.4 Å². The molecule has 22 heavy (non-hydrogen) atoms. The smallest absolute Gasteiger partial charge is 0.350 e. The van der Waals surface area contributed by atoms with Crippen molar-refractivity contribution in [2.24, 2.45) is 0 Å². The van der Waals surface area contributed by atoms with E-state index in [1.165, 1.54) is 6.92 Å². The molecular weight excluding hydrogens is 321 g/mol. The van der Waals surface area contributed by atoms with Gasteiger partial charge in [0.1, 0.15) is 25.2 Å². The number of aromatic nitrogens is 3. The van der Waals surface area contributed by atoms with Crippen LogP contribution in [0.4, 0.5) is 4.39 Å². The SMILES string of the molecule is C[C@H](O)[C@H]1O[C@@H](n2cnc(=O)[nH]c2=O)C(Cl)(C#CCF)[C@H]1O. The number of aliphatic hydroxyl groups is 2. The van der Waals surface area contributed by atoms with Crippen LogP contribution in [0.15, 0.2) is 15.9 Å². The van der Waals surface area contributed by atoms with E-state index in [9.17, 15) is 24.2 Å². The molecule has 10 heteroatoms. The molecule has 0 spiro atoms. The van der Waals surface area contributed by atoms with Gasteiger partial charge in [0.05, 0.1) is 6.10 Å². The van der Waals surface area contributed by atoms with Gasteiger partial charge < -0.3 is 14.9 Å². The Kier molecular flexibility index (Phi) is 4.67. The maximum Gasteiger partial charge on any atom is 0.350 e. The first kappa shape index (κ1) is 16.6. The summed E-state index contributed by atoms with van der Waals surface area (Å²) in [5, 5.41) is 19.9. The van der Waals surface area contributed by atoms with Crippen LogP contribution < -0.4 is 11.4 Å². The number of nitrogens with zero attached hydrogens (tertiary/aromatic N) is 2. The number of hydrogen-bond donors (Lipinski definition) is 3. The first-order valence-electron chi connectivity index (χ1n) is 6.25. The highest BCUT2D eigenvalue weighted by Gasteiger charge is 2.57. The summed E-state index contributed by atoms with van der Waals surface area (Å²) in [7, 11) is 0. The van der Waals surface area contributed by atoms with Crippen molar-refractivity contribution in [3.63, 3.8) is 0 Å². The second-order valence-electron chi connectivity index (χ2n) is 4.73. The molecule has 0 bridgehead atoms. The molecule has 0 radical (unpaired) electrons. The van der Waals surface area contributed by atoms with E-state index < -0.39 is 47.5 Å². The molecule has 2 rings (SSSR count). The van der Waals surface area contributed by atoms with Crippen LogP contribution >= 0.6 is 11.6 Å². The quantitative estimate of drug-likeness (QED) is 0.449. The first-order chi connectivity index (χ1) is 10.3. The third-order valence-electron chi connectivity index (χ3n) is 3.21. The van der Waals surface area contributed by atoms with Gasteiger partial charge in [0.15, 0.2) is 11.1 Å². The van der Waals surface area contributed by atoms with E-state index in [0.717, 1.165) is 10.9 Å². The van der Waals surface area contributed by atoms with Gasteiger partial charge in [-0.05, 0) is 6.92 Å². The number of alkyl halides is 2. The van der Waals surface area contributed by atoms with Crippen molar-refractivity contribution >= 4 is 11.6 Å². The molecule has 1 aromatic heterocycles. The average molecular weight is 334 g/mol. The molecule has 1 unspecified atom stereocenters. The van der Waals surface area contributed by atoms with Crippen LogP contribution in [-0.4, -0.2) is 54.6 Å². The maximum absolute atomic E-state index is 12.3. The molecule has 0 aliphatic carbocycles. The summed E-state index contributed by atoms with van der Waals surface area (Å²) >= 11 is 6.25. The molecule has 0 saturated carbocycles.